The summed E-state index contributed by atoms with van der Waals surface area (Å²) in [5, 5.41) is 7.60. The second-order valence-electron chi connectivity index (χ2n) is 4.04. The van der Waals surface area contributed by atoms with Gasteiger partial charge in [0, 0.05) is 13.2 Å². The Morgan fingerprint density at radius 2 is 2.22 bits per heavy atom. The van der Waals surface area contributed by atoms with E-state index in [1.807, 2.05) is 26.1 Å². The Kier molecular flexibility index (Phi) is 3.99. The van der Waals surface area contributed by atoms with E-state index in [1.54, 1.807) is 16.9 Å². The summed E-state index contributed by atoms with van der Waals surface area (Å²) in [5.41, 5.74) is 1.82. The van der Waals surface area contributed by atoms with Gasteiger partial charge in [0.25, 0.3) is 0 Å². The van der Waals surface area contributed by atoms with Crippen LogP contribution in [0.3, 0.4) is 0 Å². The lowest BCUT2D eigenvalue weighted by Crippen LogP contribution is -2.24. The van der Waals surface area contributed by atoms with Gasteiger partial charge in [0.15, 0.2) is 0 Å². The summed E-state index contributed by atoms with van der Waals surface area (Å²) in [5.74, 6) is -0.403. The molecular weight excluding hydrogens is 253 g/mol. The van der Waals surface area contributed by atoms with Crippen LogP contribution in [0.15, 0.2) is 30.5 Å². The Balaban J connectivity index is 2.41. The van der Waals surface area contributed by atoms with Gasteiger partial charge in [-0.15, -0.1) is 0 Å². The summed E-state index contributed by atoms with van der Waals surface area (Å²) < 4.78 is 15.3. The maximum Gasteiger partial charge on any atom is 0.142 e. The lowest BCUT2D eigenvalue weighted by molar-refractivity contribution is 0.565. The average molecular weight is 268 g/mol. The molecule has 0 aliphatic heterocycles. The molecule has 1 unspecified atom stereocenters. The van der Waals surface area contributed by atoms with Gasteiger partial charge in [-0.3, -0.25) is 4.68 Å². The topological polar surface area (TPSA) is 29.9 Å². The molecule has 96 valence electrons. The highest BCUT2D eigenvalue weighted by molar-refractivity contribution is 6.30. The minimum absolute atomic E-state index is 0.0886. The van der Waals surface area contributed by atoms with E-state index in [2.05, 4.69) is 10.4 Å². The zero-order valence-electron chi connectivity index (χ0n) is 10.3. The minimum Gasteiger partial charge on any atom is -0.305 e. The molecule has 0 bridgehead atoms. The smallest absolute Gasteiger partial charge is 0.142 e. The average Bonchev–Trinajstić information content (AvgIpc) is 2.76. The fourth-order valence-electron chi connectivity index (χ4n) is 1.96. The number of aryl methyl sites for hydroxylation is 1. The Morgan fingerprint density at radius 1 is 1.44 bits per heavy atom. The second-order valence-corrected chi connectivity index (χ2v) is 4.45. The Morgan fingerprint density at radius 3 is 2.78 bits per heavy atom. The first-order valence-corrected chi connectivity index (χ1v) is 6.17. The SMILES string of the molecule is CCNC(c1ccc(Cl)c(F)c1)c1ccnn1C. The van der Waals surface area contributed by atoms with Gasteiger partial charge in [0.2, 0.25) is 0 Å². The normalized spacial score (nSPS) is 12.7. The van der Waals surface area contributed by atoms with Gasteiger partial charge in [-0.25, -0.2) is 4.39 Å². The van der Waals surface area contributed by atoms with Crippen LogP contribution >= 0.6 is 11.6 Å². The monoisotopic (exact) mass is 267 g/mol. The van der Waals surface area contributed by atoms with Crippen LogP contribution in [0.2, 0.25) is 5.02 Å². The Hall–Kier alpha value is -1.39. The van der Waals surface area contributed by atoms with Gasteiger partial charge in [0.05, 0.1) is 16.8 Å². The van der Waals surface area contributed by atoms with Crippen LogP contribution in [0.1, 0.15) is 24.2 Å². The number of nitrogens with one attached hydrogen (secondary N) is 1. The largest absolute Gasteiger partial charge is 0.305 e. The van der Waals surface area contributed by atoms with Crippen molar-refractivity contribution in [3.05, 3.63) is 52.6 Å². The lowest BCUT2D eigenvalue weighted by atomic mass is 10.0. The van der Waals surface area contributed by atoms with E-state index in [4.69, 9.17) is 11.6 Å². The molecule has 1 aromatic heterocycles. The molecule has 0 aliphatic carbocycles. The minimum atomic E-state index is -0.403. The molecule has 5 heteroatoms. The number of hydrogen-bond acceptors (Lipinski definition) is 2. The van der Waals surface area contributed by atoms with Crippen molar-refractivity contribution in [3.63, 3.8) is 0 Å². The maximum atomic E-state index is 13.5. The summed E-state index contributed by atoms with van der Waals surface area (Å²) in [6.45, 7) is 2.79. The molecule has 0 radical (unpaired) electrons. The van der Waals surface area contributed by atoms with E-state index in [0.29, 0.717) is 0 Å². The molecule has 1 N–H and O–H groups in total. The first-order valence-electron chi connectivity index (χ1n) is 5.79. The zero-order valence-corrected chi connectivity index (χ0v) is 11.1. The van der Waals surface area contributed by atoms with Crippen molar-refractivity contribution in [2.75, 3.05) is 6.54 Å². The molecule has 0 saturated heterocycles. The molecule has 2 aromatic rings. The van der Waals surface area contributed by atoms with Crippen LogP contribution in [-0.4, -0.2) is 16.3 Å². The van der Waals surface area contributed by atoms with Crippen molar-refractivity contribution < 1.29 is 4.39 Å². The highest BCUT2D eigenvalue weighted by Gasteiger charge is 2.17. The predicted molar refractivity (Wildman–Crippen MR) is 70.1 cm³/mol. The summed E-state index contributed by atoms with van der Waals surface area (Å²) in [4.78, 5) is 0. The number of halogens is 2. The van der Waals surface area contributed by atoms with Crippen LogP contribution in [-0.2, 0) is 7.05 Å². The summed E-state index contributed by atoms with van der Waals surface area (Å²) >= 11 is 5.71. The molecule has 0 fully saturated rings. The second kappa shape index (κ2) is 5.50. The van der Waals surface area contributed by atoms with Crippen molar-refractivity contribution in [1.29, 1.82) is 0 Å². The standard InChI is InChI=1S/C13H15ClFN3/c1-3-16-13(12-6-7-17-18(12)2)9-4-5-10(14)11(15)8-9/h4-8,13,16H,3H2,1-2H3. The van der Waals surface area contributed by atoms with E-state index in [-0.39, 0.29) is 11.1 Å². The first-order chi connectivity index (χ1) is 8.63. The summed E-state index contributed by atoms with van der Waals surface area (Å²) in [6.07, 6.45) is 1.73. The molecule has 2 rings (SSSR count). The number of nitrogens with zero attached hydrogens (tertiary/aromatic N) is 2. The van der Waals surface area contributed by atoms with E-state index < -0.39 is 5.82 Å². The van der Waals surface area contributed by atoms with Crippen molar-refractivity contribution in [3.8, 4) is 0 Å². The highest BCUT2D eigenvalue weighted by Crippen LogP contribution is 2.25. The van der Waals surface area contributed by atoms with Crippen LogP contribution in [0.4, 0.5) is 4.39 Å². The molecule has 1 aromatic carbocycles. The van der Waals surface area contributed by atoms with Gasteiger partial charge in [-0.2, -0.15) is 5.10 Å². The Labute approximate surface area is 111 Å². The number of hydrogen-bond donors (Lipinski definition) is 1. The molecule has 0 spiro atoms. The molecule has 0 saturated carbocycles. The van der Waals surface area contributed by atoms with Gasteiger partial charge >= 0.3 is 0 Å². The van der Waals surface area contributed by atoms with Gasteiger partial charge in [-0.05, 0) is 30.3 Å². The van der Waals surface area contributed by atoms with E-state index in [0.717, 1.165) is 17.8 Å². The molecule has 18 heavy (non-hydrogen) atoms. The third-order valence-corrected chi connectivity index (χ3v) is 3.15. The van der Waals surface area contributed by atoms with Crippen LogP contribution in [0, 0.1) is 5.82 Å². The third kappa shape index (κ3) is 2.54. The fourth-order valence-corrected chi connectivity index (χ4v) is 2.07. The van der Waals surface area contributed by atoms with E-state index in [1.165, 1.54) is 6.07 Å². The summed E-state index contributed by atoms with van der Waals surface area (Å²) in [7, 11) is 1.87. The number of aromatic nitrogens is 2. The Bertz CT molecular complexity index is 539. The highest BCUT2D eigenvalue weighted by atomic mass is 35.5. The lowest BCUT2D eigenvalue weighted by Gasteiger charge is -2.19. The predicted octanol–water partition coefficient (Wildman–Crippen LogP) is 2.91. The molecule has 0 amide bonds. The van der Waals surface area contributed by atoms with Crippen molar-refractivity contribution in [2.45, 2.75) is 13.0 Å². The van der Waals surface area contributed by atoms with Crippen LogP contribution in [0.25, 0.3) is 0 Å². The van der Waals surface area contributed by atoms with Crippen molar-refractivity contribution in [2.24, 2.45) is 7.05 Å². The van der Waals surface area contributed by atoms with E-state index in [9.17, 15) is 4.39 Å². The van der Waals surface area contributed by atoms with Crippen LogP contribution < -0.4 is 5.32 Å². The van der Waals surface area contributed by atoms with Gasteiger partial charge in [0.1, 0.15) is 5.82 Å². The third-order valence-electron chi connectivity index (χ3n) is 2.84. The van der Waals surface area contributed by atoms with Gasteiger partial charge < -0.3 is 5.32 Å². The number of rotatable bonds is 4. The molecule has 1 heterocycles. The zero-order chi connectivity index (χ0) is 13.1. The first kappa shape index (κ1) is 13.1. The fraction of sp³-hybridized carbons (Fsp3) is 0.308. The van der Waals surface area contributed by atoms with E-state index >= 15 is 0 Å². The molecule has 0 aliphatic rings. The maximum absolute atomic E-state index is 13.5. The van der Waals surface area contributed by atoms with Crippen molar-refractivity contribution >= 4 is 11.6 Å². The molecule has 1 atom stereocenters. The number of benzene rings is 1. The molecule has 3 nitrogen and oxygen atoms in total. The molecular formula is C13H15ClFN3. The van der Waals surface area contributed by atoms with Crippen LogP contribution in [0.5, 0.6) is 0 Å². The van der Waals surface area contributed by atoms with Crippen molar-refractivity contribution in [1.82, 2.24) is 15.1 Å². The quantitative estimate of drug-likeness (QED) is 0.923. The van der Waals surface area contributed by atoms with Gasteiger partial charge in [-0.1, -0.05) is 24.6 Å². The summed E-state index contributed by atoms with van der Waals surface area (Å²) in [6, 6.07) is 6.69.